The molecule has 0 spiro atoms. The number of fused-ring (bicyclic) bond motifs is 1. The average Bonchev–Trinajstić information content (AvgIpc) is 2.85. The van der Waals surface area contributed by atoms with Crippen LogP contribution in [0.1, 0.15) is 51.5 Å². The SMILES string of the molecule is CCCNC(CC)CCCC1Cc2ccccc2O1. The predicted octanol–water partition coefficient (Wildman–Crippen LogP) is 3.94. The van der Waals surface area contributed by atoms with E-state index in [-0.39, 0.29) is 0 Å². The molecule has 0 saturated carbocycles. The molecule has 0 fully saturated rings. The molecule has 1 aromatic rings. The second kappa shape index (κ2) is 7.54. The van der Waals surface area contributed by atoms with E-state index in [9.17, 15) is 0 Å². The van der Waals surface area contributed by atoms with Crippen LogP contribution in [0.15, 0.2) is 24.3 Å². The second-order valence-electron chi connectivity index (χ2n) is 5.54. The third-order valence-electron chi connectivity index (χ3n) is 3.97. The summed E-state index contributed by atoms with van der Waals surface area (Å²) in [6.07, 6.45) is 7.65. The number of ether oxygens (including phenoxy) is 1. The van der Waals surface area contributed by atoms with Crippen molar-refractivity contribution in [3.63, 3.8) is 0 Å². The maximum absolute atomic E-state index is 5.98. The maximum Gasteiger partial charge on any atom is 0.123 e. The summed E-state index contributed by atoms with van der Waals surface area (Å²) in [6, 6.07) is 9.12. The highest BCUT2D eigenvalue weighted by Gasteiger charge is 2.21. The molecule has 2 atom stereocenters. The largest absolute Gasteiger partial charge is 0.490 e. The van der Waals surface area contributed by atoms with Crippen LogP contribution in [0.4, 0.5) is 0 Å². The average molecular weight is 261 g/mol. The van der Waals surface area contributed by atoms with Crippen molar-refractivity contribution in [1.29, 1.82) is 0 Å². The molecule has 2 heteroatoms. The molecular formula is C17H27NO. The number of hydrogen-bond acceptors (Lipinski definition) is 2. The van der Waals surface area contributed by atoms with Crippen molar-refractivity contribution >= 4 is 0 Å². The Labute approximate surface area is 117 Å². The second-order valence-corrected chi connectivity index (χ2v) is 5.54. The molecule has 1 heterocycles. The standard InChI is InChI=1S/C17H27NO/c1-3-12-18-15(4-2)9-7-10-16-13-14-8-5-6-11-17(14)19-16/h5-6,8,11,15-16,18H,3-4,7,9-10,12-13H2,1-2H3. The minimum Gasteiger partial charge on any atom is -0.490 e. The normalized spacial score (nSPS) is 18.9. The van der Waals surface area contributed by atoms with E-state index < -0.39 is 0 Å². The topological polar surface area (TPSA) is 21.3 Å². The van der Waals surface area contributed by atoms with Crippen LogP contribution < -0.4 is 10.1 Å². The number of rotatable bonds is 8. The highest BCUT2D eigenvalue weighted by molar-refractivity contribution is 5.37. The summed E-state index contributed by atoms with van der Waals surface area (Å²) in [6.45, 7) is 5.64. The molecule has 1 aliphatic heterocycles. The summed E-state index contributed by atoms with van der Waals surface area (Å²) in [7, 11) is 0. The summed E-state index contributed by atoms with van der Waals surface area (Å²) in [4.78, 5) is 0. The minimum absolute atomic E-state index is 0.404. The number of hydrogen-bond donors (Lipinski definition) is 1. The number of para-hydroxylation sites is 1. The first-order chi connectivity index (χ1) is 9.33. The first-order valence-corrected chi connectivity index (χ1v) is 7.81. The number of nitrogens with one attached hydrogen (secondary N) is 1. The quantitative estimate of drug-likeness (QED) is 0.765. The Morgan fingerprint density at radius 2 is 2.16 bits per heavy atom. The molecule has 1 aromatic carbocycles. The zero-order valence-corrected chi connectivity index (χ0v) is 12.3. The Balaban J connectivity index is 1.67. The Bertz CT molecular complexity index is 352. The van der Waals surface area contributed by atoms with E-state index in [0.29, 0.717) is 12.1 Å². The highest BCUT2D eigenvalue weighted by atomic mass is 16.5. The van der Waals surface area contributed by atoms with Gasteiger partial charge in [-0.25, -0.2) is 0 Å². The fourth-order valence-corrected chi connectivity index (χ4v) is 2.81. The van der Waals surface area contributed by atoms with Crippen molar-refractivity contribution in [2.75, 3.05) is 6.54 Å². The summed E-state index contributed by atoms with van der Waals surface area (Å²) >= 11 is 0. The molecule has 1 N–H and O–H groups in total. The number of benzene rings is 1. The third-order valence-corrected chi connectivity index (χ3v) is 3.97. The van der Waals surface area contributed by atoms with Crippen LogP contribution in [-0.4, -0.2) is 18.7 Å². The highest BCUT2D eigenvalue weighted by Crippen LogP contribution is 2.30. The van der Waals surface area contributed by atoms with Crippen molar-refractivity contribution in [1.82, 2.24) is 5.32 Å². The van der Waals surface area contributed by atoms with Gasteiger partial charge in [-0.3, -0.25) is 0 Å². The molecule has 2 rings (SSSR count). The smallest absolute Gasteiger partial charge is 0.123 e. The fourth-order valence-electron chi connectivity index (χ4n) is 2.81. The van der Waals surface area contributed by atoms with Gasteiger partial charge >= 0.3 is 0 Å². The van der Waals surface area contributed by atoms with Crippen molar-refractivity contribution in [2.45, 2.75) is 64.5 Å². The van der Waals surface area contributed by atoms with Crippen molar-refractivity contribution < 1.29 is 4.74 Å². The molecule has 19 heavy (non-hydrogen) atoms. The molecule has 0 saturated heterocycles. The lowest BCUT2D eigenvalue weighted by molar-refractivity contribution is 0.214. The van der Waals surface area contributed by atoms with Gasteiger partial charge in [0.05, 0.1) is 0 Å². The Kier molecular flexibility index (Phi) is 5.71. The minimum atomic E-state index is 0.404. The van der Waals surface area contributed by atoms with Gasteiger partial charge in [-0.1, -0.05) is 32.0 Å². The Morgan fingerprint density at radius 3 is 2.89 bits per heavy atom. The van der Waals surface area contributed by atoms with Gasteiger partial charge in [-0.15, -0.1) is 0 Å². The Hall–Kier alpha value is -1.02. The first kappa shape index (κ1) is 14.4. The lowest BCUT2D eigenvalue weighted by Crippen LogP contribution is -2.29. The molecule has 0 amide bonds. The van der Waals surface area contributed by atoms with Gasteiger partial charge in [0.25, 0.3) is 0 Å². The van der Waals surface area contributed by atoms with Crippen LogP contribution in [0, 0.1) is 0 Å². The van der Waals surface area contributed by atoms with Crippen LogP contribution in [0.2, 0.25) is 0 Å². The van der Waals surface area contributed by atoms with Crippen molar-refractivity contribution in [2.24, 2.45) is 0 Å². The third kappa shape index (κ3) is 4.24. The van der Waals surface area contributed by atoms with Gasteiger partial charge in [-0.05, 0) is 50.3 Å². The van der Waals surface area contributed by atoms with Gasteiger partial charge in [0.15, 0.2) is 0 Å². The molecule has 2 nitrogen and oxygen atoms in total. The predicted molar refractivity (Wildman–Crippen MR) is 80.8 cm³/mol. The zero-order valence-electron chi connectivity index (χ0n) is 12.3. The molecule has 0 aliphatic carbocycles. The van der Waals surface area contributed by atoms with E-state index in [2.05, 4.69) is 43.4 Å². The maximum atomic E-state index is 5.98. The van der Waals surface area contributed by atoms with E-state index in [4.69, 9.17) is 4.74 Å². The van der Waals surface area contributed by atoms with Crippen LogP contribution >= 0.6 is 0 Å². The monoisotopic (exact) mass is 261 g/mol. The molecule has 0 radical (unpaired) electrons. The van der Waals surface area contributed by atoms with Gasteiger partial charge in [0.2, 0.25) is 0 Å². The van der Waals surface area contributed by atoms with Gasteiger partial charge in [-0.2, -0.15) is 0 Å². The molecule has 1 aliphatic rings. The lowest BCUT2D eigenvalue weighted by atomic mass is 10.0. The van der Waals surface area contributed by atoms with Crippen molar-refractivity contribution in [3.8, 4) is 5.75 Å². The van der Waals surface area contributed by atoms with Crippen LogP contribution in [0.25, 0.3) is 0 Å². The van der Waals surface area contributed by atoms with Gasteiger partial charge in [0, 0.05) is 12.5 Å². The van der Waals surface area contributed by atoms with Crippen molar-refractivity contribution in [3.05, 3.63) is 29.8 Å². The molecule has 2 unspecified atom stereocenters. The van der Waals surface area contributed by atoms with E-state index in [1.54, 1.807) is 0 Å². The van der Waals surface area contributed by atoms with E-state index in [0.717, 1.165) is 18.7 Å². The molecule has 0 aromatic heterocycles. The lowest BCUT2D eigenvalue weighted by Gasteiger charge is -2.17. The molecule has 0 bridgehead atoms. The summed E-state index contributed by atoms with van der Waals surface area (Å²) < 4.78 is 5.98. The first-order valence-electron chi connectivity index (χ1n) is 7.81. The van der Waals surface area contributed by atoms with E-state index >= 15 is 0 Å². The molecular weight excluding hydrogens is 234 g/mol. The Morgan fingerprint density at radius 1 is 1.32 bits per heavy atom. The van der Waals surface area contributed by atoms with Gasteiger partial charge in [0.1, 0.15) is 11.9 Å². The fraction of sp³-hybridized carbons (Fsp3) is 0.647. The van der Waals surface area contributed by atoms with Crippen LogP contribution in [0.3, 0.4) is 0 Å². The van der Waals surface area contributed by atoms with E-state index in [1.807, 2.05) is 0 Å². The van der Waals surface area contributed by atoms with Crippen LogP contribution in [-0.2, 0) is 6.42 Å². The summed E-state index contributed by atoms with van der Waals surface area (Å²) in [5.41, 5.74) is 1.38. The summed E-state index contributed by atoms with van der Waals surface area (Å²) in [5.74, 6) is 1.10. The van der Waals surface area contributed by atoms with Crippen LogP contribution in [0.5, 0.6) is 5.75 Å². The van der Waals surface area contributed by atoms with Gasteiger partial charge < -0.3 is 10.1 Å². The van der Waals surface area contributed by atoms with E-state index in [1.165, 1.54) is 37.7 Å². The zero-order chi connectivity index (χ0) is 13.5. The molecule has 106 valence electrons. The summed E-state index contributed by atoms with van der Waals surface area (Å²) in [5, 5.41) is 3.62.